The van der Waals surface area contributed by atoms with E-state index in [9.17, 15) is 0 Å². The van der Waals surface area contributed by atoms with Gasteiger partial charge in [-0.2, -0.15) is 4.98 Å². The van der Waals surface area contributed by atoms with E-state index in [1.165, 1.54) is 5.56 Å². The summed E-state index contributed by atoms with van der Waals surface area (Å²) in [6.45, 7) is 4.09. The molecule has 24 heavy (non-hydrogen) atoms. The van der Waals surface area contributed by atoms with E-state index >= 15 is 0 Å². The first kappa shape index (κ1) is 14.8. The van der Waals surface area contributed by atoms with Gasteiger partial charge in [0, 0.05) is 12.7 Å². The molecule has 2 aromatic heterocycles. The summed E-state index contributed by atoms with van der Waals surface area (Å²) in [5.74, 6) is 1.11. The Hall–Kier alpha value is -2.73. The number of nitrogens with zero attached hydrogens (tertiary/aromatic N) is 4. The second kappa shape index (κ2) is 6.41. The van der Waals surface area contributed by atoms with Crippen molar-refractivity contribution in [1.82, 2.24) is 25.1 Å². The predicted octanol–water partition coefficient (Wildman–Crippen LogP) is 2.79. The number of rotatable bonds is 4. The normalized spacial score (nSPS) is 17.1. The zero-order valence-electron chi connectivity index (χ0n) is 13.6. The van der Waals surface area contributed by atoms with Crippen molar-refractivity contribution in [2.45, 2.75) is 19.3 Å². The van der Waals surface area contributed by atoms with Gasteiger partial charge in [-0.15, -0.1) is 5.10 Å². The highest BCUT2D eigenvalue weighted by atomic mass is 15.4. The first-order valence-corrected chi connectivity index (χ1v) is 8.21. The van der Waals surface area contributed by atoms with Crippen LogP contribution in [0.3, 0.4) is 0 Å². The molecular weight excluding hydrogens is 300 g/mol. The number of aromatic nitrogens is 4. The van der Waals surface area contributed by atoms with Gasteiger partial charge in [0.25, 0.3) is 0 Å². The van der Waals surface area contributed by atoms with Gasteiger partial charge in [0.05, 0.1) is 17.1 Å². The summed E-state index contributed by atoms with van der Waals surface area (Å²) in [7, 11) is 0. The van der Waals surface area contributed by atoms with E-state index in [4.69, 9.17) is 0 Å². The molecule has 2 N–H and O–H groups in total. The van der Waals surface area contributed by atoms with Crippen LogP contribution in [-0.4, -0.2) is 32.8 Å². The third kappa shape index (κ3) is 3.00. The van der Waals surface area contributed by atoms with Gasteiger partial charge in [-0.3, -0.25) is 4.98 Å². The zero-order valence-corrected chi connectivity index (χ0v) is 13.6. The third-order valence-electron chi connectivity index (χ3n) is 4.40. The highest BCUT2D eigenvalue weighted by molar-refractivity contribution is 5.57. The average molecular weight is 320 g/mol. The molecule has 1 aliphatic rings. The van der Waals surface area contributed by atoms with Crippen LogP contribution in [0.5, 0.6) is 0 Å². The van der Waals surface area contributed by atoms with E-state index in [0.29, 0.717) is 11.9 Å². The van der Waals surface area contributed by atoms with Crippen LogP contribution in [0.1, 0.15) is 23.6 Å². The fourth-order valence-corrected chi connectivity index (χ4v) is 2.98. The molecule has 0 radical (unpaired) electrons. The highest BCUT2D eigenvalue weighted by Gasteiger charge is 2.18. The smallest absolute Gasteiger partial charge is 0.247 e. The Labute approximate surface area is 141 Å². The van der Waals surface area contributed by atoms with Crippen LogP contribution in [0.2, 0.25) is 0 Å². The minimum atomic E-state index is 0.536. The van der Waals surface area contributed by atoms with E-state index in [0.717, 1.165) is 36.6 Å². The summed E-state index contributed by atoms with van der Waals surface area (Å²) >= 11 is 0. The van der Waals surface area contributed by atoms with Gasteiger partial charge < -0.3 is 10.6 Å². The molecular formula is C18H20N6. The number of hydrogen-bond acceptors (Lipinski definition) is 5. The van der Waals surface area contributed by atoms with E-state index in [1.807, 2.05) is 43.5 Å². The van der Waals surface area contributed by atoms with Gasteiger partial charge >= 0.3 is 0 Å². The number of aryl methyl sites for hydroxylation is 1. The Morgan fingerprint density at radius 1 is 1.21 bits per heavy atom. The Bertz CT molecular complexity index is 821. The van der Waals surface area contributed by atoms with Gasteiger partial charge in [0.1, 0.15) is 6.33 Å². The van der Waals surface area contributed by atoms with Gasteiger partial charge in [-0.25, -0.2) is 4.68 Å². The largest absolute Gasteiger partial charge is 0.321 e. The van der Waals surface area contributed by atoms with Gasteiger partial charge in [-0.05, 0) is 49.6 Å². The quantitative estimate of drug-likeness (QED) is 0.774. The van der Waals surface area contributed by atoms with Crippen molar-refractivity contribution in [3.63, 3.8) is 0 Å². The molecule has 6 heteroatoms. The Morgan fingerprint density at radius 3 is 2.88 bits per heavy atom. The lowest BCUT2D eigenvalue weighted by atomic mass is 9.99. The Balaban J connectivity index is 1.57. The predicted molar refractivity (Wildman–Crippen MR) is 93.8 cm³/mol. The second-order valence-electron chi connectivity index (χ2n) is 6.06. The summed E-state index contributed by atoms with van der Waals surface area (Å²) in [6.07, 6.45) is 4.85. The van der Waals surface area contributed by atoms with Crippen LogP contribution in [0.4, 0.5) is 11.6 Å². The standard InChI is InChI=1S/C18H20N6/c1-13-17(9-15(11-20-13)14-7-8-19-10-14)22-18-21-12-24(23-18)16-5-3-2-4-6-16/h2-6,9,11-12,14,19H,7-8,10H2,1H3,(H,22,23). The van der Waals surface area contributed by atoms with E-state index in [-0.39, 0.29) is 0 Å². The molecule has 1 fully saturated rings. The topological polar surface area (TPSA) is 67.7 Å². The van der Waals surface area contributed by atoms with Gasteiger partial charge in [-0.1, -0.05) is 18.2 Å². The maximum Gasteiger partial charge on any atom is 0.247 e. The molecule has 1 unspecified atom stereocenters. The first-order chi connectivity index (χ1) is 11.8. The molecule has 3 heterocycles. The lowest BCUT2D eigenvalue weighted by molar-refractivity contribution is 0.758. The monoisotopic (exact) mass is 320 g/mol. The van der Waals surface area contributed by atoms with Gasteiger partial charge in [0.15, 0.2) is 0 Å². The number of pyridine rings is 1. The fraction of sp³-hybridized carbons (Fsp3) is 0.278. The van der Waals surface area contributed by atoms with E-state index in [1.54, 1.807) is 11.0 Å². The van der Waals surface area contributed by atoms with Crippen LogP contribution < -0.4 is 10.6 Å². The molecule has 0 spiro atoms. The molecule has 1 aromatic carbocycles. The summed E-state index contributed by atoms with van der Waals surface area (Å²) in [5.41, 5.74) is 4.15. The van der Waals surface area contributed by atoms with Crippen molar-refractivity contribution in [3.05, 3.63) is 60.2 Å². The van der Waals surface area contributed by atoms with Crippen molar-refractivity contribution in [2.24, 2.45) is 0 Å². The number of para-hydroxylation sites is 1. The number of benzene rings is 1. The molecule has 1 saturated heterocycles. The summed E-state index contributed by atoms with van der Waals surface area (Å²) in [6, 6.07) is 12.1. The number of hydrogen-bond donors (Lipinski definition) is 2. The maximum atomic E-state index is 4.53. The Morgan fingerprint density at radius 2 is 2.08 bits per heavy atom. The van der Waals surface area contributed by atoms with Crippen molar-refractivity contribution < 1.29 is 0 Å². The van der Waals surface area contributed by atoms with Crippen molar-refractivity contribution in [3.8, 4) is 5.69 Å². The first-order valence-electron chi connectivity index (χ1n) is 8.21. The average Bonchev–Trinajstić information content (AvgIpc) is 3.29. The molecule has 1 aliphatic heterocycles. The molecule has 0 amide bonds. The SMILES string of the molecule is Cc1ncc(C2CCNC2)cc1Nc1ncn(-c2ccccc2)n1. The van der Waals surface area contributed by atoms with E-state index < -0.39 is 0 Å². The zero-order chi connectivity index (χ0) is 16.4. The lowest BCUT2D eigenvalue weighted by Gasteiger charge is -2.12. The van der Waals surface area contributed by atoms with Crippen LogP contribution in [0.25, 0.3) is 5.69 Å². The molecule has 122 valence electrons. The molecule has 3 aromatic rings. The van der Waals surface area contributed by atoms with Crippen molar-refractivity contribution in [1.29, 1.82) is 0 Å². The minimum absolute atomic E-state index is 0.536. The van der Waals surface area contributed by atoms with Crippen molar-refractivity contribution in [2.75, 3.05) is 18.4 Å². The highest BCUT2D eigenvalue weighted by Crippen LogP contribution is 2.26. The number of anilines is 2. The van der Waals surface area contributed by atoms with Crippen LogP contribution in [-0.2, 0) is 0 Å². The van der Waals surface area contributed by atoms with Gasteiger partial charge in [0.2, 0.25) is 5.95 Å². The summed E-state index contributed by atoms with van der Waals surface area (Å²) in [5, 5.41) is 11.2. The summed E-state index contributed by atoms with van der Waals surface area (Å²) < 4.78 is 1.76. The van der Waals surface area contributed by atoms with Crippen LogP contribution in [0.15, 0.2) is 48.9 Å². The fourth-order valence-electron chi connectivity index (χ4n) is 2.98. The molecule has 0 bridgehead atoms. The molecule has 4 rings (SSSR count). The molecule has 0 aliphatic carbocycles. The third-order valence-corrected chi connectivity index (χ3v) is 4.40. The molecule has 0 saturated carbocycles. The Kier molecular flexibility index (Phi) is 3.96. The van der Waals surface area contributed by atoms with Crippen LogP contribution >= 0.6 is 0 Å². The van der Waals surface area contributed by atoms with Crippen molar-refractivity contribution >= 4 is 11.6 Å². The summed E-state index contributed by atoms with van der Waals surface area (Å²) in [4.78, 5) is 8.89. The number of nitrogens with one attached hydrogen (secondary N) is 2. The maximum absolute atomic E-state index is 4.53. The lowest BCUT2D eigenvalue weighted by Crippen LogP contribution is -2.09. The minimum Gasteiger partial charge on any atom is -0.321 e. The second-order valence-corrected chi connectivity index (χ2v) is 6.06. The van der Waals surface area contributed by atoms with E-state index in [2.05, 4.69) is 31.8 Å². The molecule has 6 nitrogen and oxygen atoms in total. The van der Waals surface area contributed by atoms with Crippen LogP contribution in [0, 0.1) is 6.92 Å². The molecule has 1 atom stereocenters.